The summed E-state index contributed by atoms with van der Waals surface area (Å²) >= 11 is 1.59. The lowest BCUT2D eigenvalue weighted by atomic mass is 10.2. The lowest BCUT2D eigenvalue weighted by Crippen LogP contribution is -2.37. The van der Waals surface area contributed by atoms with Crippen molar-refractivity contribution < 1.29 is 22.7 Å². The number of alkyl halides is 3. The molecule has 1 saturated heterocycles. The Balaban J connectivity index is 2.00. The monoisotopic (exact) mass is 292 g/mol. The molecule has 0 radical (unpaired) electrons. The summed E-state index contributed by atoms with van der Waals surface area (Å²) < 4.78 is 40.0. The molecule has 0 aliphatic carbocycles. The van der Waals surface area contributed by atoms with E-state index in [4.69, 9.17) is 0 Å². The summed E-state index contributed by atoms with van der Waals surface area (Å²) in [6, 6.07) is 4.87. The number of ether oxygens (including phenoxy) is 1. The van der Waals surface area contributed by atoms with Crippen LogP contribution in [-0.4, -0.2) is 29.9 Å². The van der Waals surface area contributed by atoms with Crippen molar-refractivity contribution in [3.63, 3.8) is 0 Å². The topological polar surface area (TPSA) is 50.4 Å². The molecule has 19 heavy (non-hydrogen) atoms. The van der Waals surface area contributed by atoms with Crippen LogP contribution in [0.3, 0.4) is 0 Å². The van der Waals surface area contributed by atoms with E-state index >= 15 is 0 Å². The minimum absolute atomic E-state index is 0.269. The Morgan fingerprint density at radius 1 is 1.47 bits per heavy atom. The smallest absolute Gasteiger partial charge is 0.406 e. The Morgan fingerprint density at radius 2 is 2.26 bits per heavy atom. The highest BCUT2D eigenvalue weighted by Crippen LogP contribution is 2.25. The number of hydrogen-bond donors (Lipinski definition) is 2. The molecule has 1 heterocycles. The van der Waals surface area contributed by atoms with Crippen molar-refractivity contribution in [2.75, 3.05) is 16.9 Å². The molecule has 1 aromatic carbocycles. The molecular weight excluding hydrogens is 281 g/mol. The van der Waals surface area contributed by atoms with Crippen LogP contribution in [0.4, 0.5) is 18.9 Å². The van der Waals surface area contributed by atoms with Crippen LogP contribution in [0.15, 0.2) is 24.3 Å². The number of anilines is 1. The van der Waals surface area contributed by atoms with Gasteiger partial charge in [-0.2, -0.15) is 0 Å². The third-order valence-electron chi connectivity index (χ3n) is 2.37. The van der Waals surface area contributed by atoms with Crippen LogP contribution in [-0.2, 0) is 4.79 Å². The highest BCUT2D eigenvalue weighted by Gasteiger charge is 2.31. The van der Waals surface area contributed by atoms with Crippen LogP contribution in [0.25, 0.3) is 0 Å². The number of benzene rings is 1. The Hall–Kier alpha value is -1.41. The zero-order valence-corrected chi connectivity index (χ0v) is 10.5. The van der Waals surface area contributed by atoms with E-state index < -0.39 is 6.36 Å². The van der Waals surface area contributed by atoms with E-state index in [1.165, 1.54) is 18.2 Å². The first-order valence-electron chi connectivity index (χ1n) is 5.42. The highest BCUT2D eigenvalue weighted by atomic mass is 32.2. The van der Waals surface area contributed by atoms with Gasteiger partial charge in [-0.25, -0.2) is 0 Å². The normalized spacial score (nSPS) is 19.2. The third-order valence-corrected chi connectivity index (χ3v) is 3.31. The fraction of sp³-hybridized carbons (Fsp3) is 0.364. The second kappa shape index (κ2) is 5.70. The molecule has 8 heteroatoms. The van der Waals surface area contributed by atoms with E-state index in [2.05, 4.69) is 15.4 Å². The molecule has 1 unspecified atom stereocenters. The van der Waals surface area contributed by atoms with Gasteiger partial charge in [0.25, 0.3) is 0 Å². The number of hydrogen-bond acceptors (Lipinski definition) is 4. The van der Waals surface area contributed by atoms with Crippen LogP contribution in [0.2, 0.25) is 0 Å². The first-order chi connectivity index (χ1) is 8.94. The van der Waals surface area contributed by atoms with Crippen molar-refractivity contribution >= 4 is 23.4 Å². The molecular formula is C11H11F3N2O2S. The van der Waals surface area contributed by atoms with Gasteiger partial charge in [0.2, 0.25) is 5.91 Å². The molecule has 2 rings (SSSR count). The molecule has 2 N–H and O–H groups in total. The van der Waals surface area contributed by atoms with Gasteiger partial charge in [0.05, 0.1) is 6.04 Å². The summed E-state index contributed by atoms with van der Waals surface area (Å²) in [5.74, 6) is 0.702. The molecule has 1 fully saturated rings. The van der Waals surface area contributed by atoms with Crippen molar-refractivity contribution in [1.29, 1.82) is 0 Å². The summed E-state index contributed by atoms with van der Waals surface area (Å²) in [6.07, 6.45) is -4.74. The number of halogens is 3. The molecule has 104 valence electrons. The summed E-state index contributed by atoms with van der Waals surface area (Å²) in [6.45, 7) is 0. The van der Waals surface area contributed by atoms with Crippen molar-refractivity contribution in [2.45, 2.75) is 12.4 Å². The zero-order valence-electron chi connectivity index (χ0n) is 9.66. The van der Waals surface area contributed by atoms with Gasteiger partial charge in [-0.1, -0.05) is 6.07 Å². The zero-order chi connectivity index (χ0) is 13.9. The second-order valence-corrected chi connectivity index (χ2v) is 4.87. The molecule has 0 aromatic heterocycles. The molecule has 1 amide bonds. The molecule has 0 bridgehead atoms. The fourth-order valence-electron chi connectivity index (χ4n) is 1.56. The fourth-order valence-corrected chi connectivity index (χ4v) is 2.51. The molecule has 4 nitrogen and oxygen atoms in total. The summed E-state index contributed by atoms with van der Waals surface area (Å²) in [4.78, 5) is 11.8. The van der Waals surface area contributed by atoms with Gasteiger partial charge < -0.3 is 10.1 Å². The standard InChI is InChI=1S/C11H11F3N2O2S/c12-11(13,14)18-8-3-1-2-7(4-8)16-10(17)9-5-19-6-15-9/h1-4,9,15H,5-6H2,(H,16,17). The first kappa shape index (κ1) is 14.0. The van der Waals surface area contributed by atoms with Gasteiger partial charge in [0.15, 0.2) is 0 Å². The van der Waals surface area contributed by atoms with Gasteiger partial charge >= 0.3 is 6.36 Å². The molecule has 1 aromatic rings. The highest BCUT2D eigenvalue weighted by molar-refractivity contribution is 7.99. The predicted octanol–water partition coefficient (Wildman–Crippen LogP) is 2.19. The second-order valence-electron chi connectivity index (χ2n) is 3.84. The van der Waals surface area contributed by atoms with Gasteiger partial charge in [0.1, 0.15) is 5.75 Å². The van der Waals surface area contributed by atoms with Crippen LogP contribution in [0, 0.1) is 0 Å². The minimum atomic E-state index is -4.74. The lowest BCUT2D eigenvalue weighted by molar-refractivity contribution is -0.274. The van der Waals surface area contributed by atoms with Crippen LogP contribution in [0.1, 0.15) is 0 Å². The number of carbonyl (C=O) groups excluding carboxylic acids is 1. The van der Waals surface area contributed by atoms with Crippen molar-refractivity contribution in [3.05, 3.63) is 24.3 Å². The summed E-state index contributed by atoms with van der Waals surface area (Å²) in [5, 5.41) is 5.52. The maximum absolute atomic E-state index is 12.1. The molecule has 1 aliphatic rings. The van der Waals surface area contributed by atoms with Gasteiger partial charge in [-0.3, -0.25) is 10.1 Å². The number of carbonyl (C=O) groups is 1. The van der Waals surface area contributed by atoms with Gasteiger partial charge in [-0.05, 0) is 12.1 Å². The Kier molecular flexibility index (Phi) is 4.20. The number of thioether (sulfide) groups is 1. The van der Waals surface area contributed by atoms with Crippen LogP contribution in [0.5, 0.6) is 5.75 Å². The molecule has 1 aliphatic heterocycles. The largest absolute Gasteiger partial charge is 0.573 e. The summed E-state index contributed by atoms with van der Waals surface area (Å²) in [7, 11) is 0. The van der Waals surface area contributed by atoms with Crippen molar-refractivity contribution in [3.8, 4) is 5.75 Å². The first-order valence-corrected chi connectivity index (χ1v) is 6.57. The van der Waals surface area contributed by atoms with E-state index in [1.54, 1.807) is 11.8 Å². The quantitative estimate of drug-likeness (QED) is 0.896. The van der Waals surface area contributed by atoms with Crippen molar-refractivity contribution in [1.82, 2.24) is 5.32 Å². The predicted molar refractivity (Wildman–Crippen MR) is 66.0 cm³/mol. The average molecular weight is 292 g/mol. The summed E-state index contributed by atoms with van der Waals surface area (Å²) in [5.41, 5.74) is 0.269. The van der Waals surface area contributed by atoms with Crippen LogP contribution >= 0.6 is 11.8 Å². The third kappa shape index (κ3) is 4.32. The molecule has 0 saturated carbocycles. The number of nitrogens with one attached hydrogen (secondary N) is 2. The van der Waals surface area contributed by atoms with E-state index in [9.17, 15) is 18.0 Å². The number of rotatable bonds is 3. The van der Waals surface area contributed by atoms with Crippen molar-refractivity contribution in [2.24, 2.45) is 0 Å². The lowest BCUT2D eigenvalue weighted by Gasteiger charge is -2.12. The Labute approximate surface area is 111 Å². The van der Waals surface area contributed by atoms with Gasteiger partial charge in [0, 0.05) is 23.4 Å². The molecule has 0 spiro atoms. The van der Waals surface area contributed by atoms with E-state index in [0.717, 1.165) is 6.07 Å². The van der Waals surface area contributed by atoms with E-state index in [0.29, 0.717) is 11.6 Å². The maximum Gasteiger partial charge on any atom is 0.573 e. The Bertz CT molecular complexity index is 461. The number of amides is 1. The Morgan fingerprint density at radius 3 is 2.89 bits per heavy atom. The SMILES string of the molecule is O=C(Nc1cccc(OC(F)(F)F)c1)C1CSCN1. The van der Waals surface area contributed by atoms with E-state index in [1.807, 2.05) is 0 Å². The average Bonchev–Trinajstić information content (AvgIpc) is 2.80. The minimum Gasteiger partial charge on any atom is -0.406 e. The molecule has 1 atom stereocenters. The van der Waals surface area contributed by atoms with Crippen LogP contribution < -0.4 is 15.4 Å². The van der Waals surface area contributed by atoms with E-state index in [-0.39, 0.29) is 23.4 Å². The van der Waals surface area contributed by atoms with Gasteiger partial charge in [-0.15, -0.1) is 24.9 Å². The maximum atomic E-state index is 12.1.